The number of halogens is 1. The van der Waals surface area contributed by atoms with E-state index >= 15 is 0 Å². The number of carbonyl (C=O) groups is 2. The fourth-order valence-electron chi connectivity index (χ4n) is 5.23. The van der Waals surface area contributed by atoms with E-state index in [0.29, 0.717) is 42.3 Å². The maximum Gasteiger partial charge on any atom is 0.410 e. The molecule has 0 spiro atoms. The number of benzene rings is 2. The lowest BCUT2D eigenvalue weighted by atomic mass is 9.71. The molecule has 5 rings (SSSR count). The molecule has 1 N–H and O–H groups in total. The van der Waals surface area contributed by atoms with Crippen molar-refractivity contribution in [3.8, 4) is 12.3 Å². The lowest BCUT2D eigenvalue weighted by Crippen LogP contribution is -2.50. The largest absolute Gasteiger partial charge is 0.444 e. The standard InChI is InChI=1S/C29H30ClN3O3/c1-7-17-8-9-18-22(14-17)31-26-24(18)25(34)19-15-21(30)23(16-20(19)29(26,5)6)32-10-12-33(13-11-32)27(35)36-28(2,3)4/h1,8-9,14-16,31H,10-13H2,2-6H3. The maximum atomic E-state index is 13.7. The number of H-pyrrole nitrogens is 1. The molecule has 0 saturated carbocycles. The van der Waals surface area contributed by atoms with E-state index in [1.807, 2.05) is 45.0 Å². The molecule has 186 valence electrons. The van der Waals surface area contributed by atoms with Crippen LogP contribution in [-0.2, 0) is 10.2 Å². The number of piperazine rings is 1. The maximum absolute atomic E-state index is 13.7. The van der Waals surface area contributed by atoms with Gasteiger partial charge in [0, 0.05) is 59.3 Å². The zero-order valence-electron chi connectivity index (χ0n) is 21.3. The Kier molecular flexibility index (Phi) is 5.61. The van der Waals surface area contributed by atoms with Crippen LogP contribution in [0, 0.1) is 12.3 Å². The number of hydrogen-bond acceptors (Lipinski definition) is 4. The summed E-state index contributed by atoms with van der Waals surface area (Å²) in [5, 5.41) is 1.40. The number of terminal acetylenes is 1. The molecule has 36 heavy (non-hydrogen) atoms. The van der Waals surface area contributed by atoms with Crippen molar-refractivity contribution in [2.75, 3.05) is 31.1 Å². The molecule has 7 heteroatoms. The van der Waals surface area contributed by atoms with Gasteiger partial charge in [0.05, 0.1) is 16.3 Å². The first-order valence-electron chi connectivity index (χ1n) is 12.1. The molecule has 2 aliphatic rings. The van der Waals surface area contributed by atoms with Crippen LogP contribution in [0.4, 0.5) is 10.5 Å². The van der Waals surface area contributed by atoms with Crippen LogP contribution in [0.1, 0.15) is 67.4 Å². The van der Waals surface area contributed by atoms with Crippen molar-refractivity contribution in [3.63, 3.8) is 0 Å². The Morgan fingerprint density at radius 3 is 2.47 bits per heavy atom. The van der Waals surface area contributed by atoms with E-state index in [2.05, 4.69) is 29.7 Å². The number of amides is 1. The summed E-state index contributed by atoms with van der Waals surface area (Å²) in [5.74, 6) is 2.62. The summed E-state index contributed by atoms with van der Waals surface area (Å²) >= 11 is 6.77. The highest BCUT2D eigenvalue weighted by Gasteiger charge is 2.40. The number of nitrogens with one attached hydrogen (secondary N) is 1. The molecule has 1 aliphatic carbocycles. The predicted molar refractivity (Wildman–Crippen MR) is 143 cm³/mol. The molecule has 2 heterocycles. The molecule has 0 radical (unpaired) electrons. The second-order valence-electron chi connectivity index (χ2n) is 11.0. The molecule has 1 amide bonds. The third kappa shape index (κ3) is 3.92. The third-order valence-corrected chi connectivity index (χ3v) is 7.40. The van der Waals surface area contributed by atoms with E-state index in [-0.39, 0.29) is 11.9 Å². The molecular formula is C29H30ClN3O3. The van der Waals surface area contributed by atoms with Gasteiger partial charge in [-0.25, -0.2) is 4.79 Å². The Morgan fingerprint density at radius 2 is 1.83 bits per heavy atom. The fourth-order valence-corrected chi connectivity index (χ4v) is 5.51. The number of nitrogens with zero attached hydrogens (tertiary/aromatic N) is 2. The monoisotopic (exact) mass is 503 g/mol. The Morgan fingerprint density at radius 1 is 1.14 bits per heavy atom. The average molecular weight is 504 g/mol. The van der Waals surface area contributed by atoms with Crippen molar-refractivity contribution in [1.82, 2.24) is 9.88 Å². The summed E-state index contributed by atoms with van der Waals surface area (Å²) in [4.78, 5) is 33.6. The number of fused-ring (bicyclic) bond motifs is 4. The van der Waals surface area contributed by atoms with Gasteiger partial charge >= 0.3 is 6.09 Å². The first kappa shape index (κ1) is 24.3. The molecule has 0 atom stereocenters. The first-order chi connectivity index (χ1) is 16.9. The highest BCUT2D eigenvalue weighted by Crippen LogP contribution is 2.46. The van der Waals surface area contributed by atoms with Gasteiger partial charge in [-0.05, 0) is 50.6 Å². The minimum Gasteiger partial charge on any atom is -0.444 e. The van der Waals surface area contributed by atoms with Gasteiger partial charge in [-0.3, -0.25) is 4.79 Å². The second kappa shape index (κ2) is 8.31. The molecule has 1 aromatic heterocycles. The highest BCUT2D eigenvalue weighted by molar-refractivity contribution is 6.34. The summed E-state index contributed by atoms with van der Waals surface area (Å²) in [5.41, 5.74) is 4.62. The van der Waals surface area contributed by atoms with E-state index in [9.17, 15) is 9.59 Å². The molecule has 1 aliphatic heterocycles. The normalized spacial score (nSPS) is 17.0. The van der Waals surface area contributed by atoms with Gasteiger partial charge < -0.3 is 19.5 Å². The SMILES string of the molecule is C#Cc1ccc2c3c([nH]c2c1)C(C)(C)c1cc(N2CCN(C(=O)OC(C)(C)C)CC2)c(Cl)cc1C3=O. The van der Waals surface area contributed by atoms with E-state index in [0.717, 1.165) is 33.4 Å². The van der Waals surface area contributed by atoms with Gasteiger partial charge in [-0.15, -0.1) is 6.42 Å². The van der Waals surface area contributed by atoms with Gasteiger partial charge in [-0.2, -0.15) is 0 Å². The summed E-state index contributed by atoms with van der Waals surface area (Å²) in [6, 6.07) is 9.52. The number of ketones is 1. The van der Waals surface area contributed by atoms with Crippen LogP contribution in [0.2, 0.25) is 5.02 Å². The van der Waals surface area contributed by atoms with Crippen LogP contribution in [0.25, 0.3) is 10.9 Å². The first-order valence-corrected chi connectivity index (χ1v) is 12.5. The van der Waals surface area contributed by atoms with Crippen LogP contribution in [-0.4, -0.2) is 53.5 Å². The minimum atomic E-state index is -0.530. The lowest BCUT2D eigenvalue weighted by Gasteiger charge is -2.38. The summed E-state index contributed by atoms with van der Waals surface area (Å²) in [6.45, 7) is 12.1. The molecule has 0 bridgehead atoms. The Labute approximate surface area is 216 Å². The quantitative estimate of drug-likeness (QED) is 0.431. The molecule has 3 aromatic rings. The number of ether oxygens (including phenoxy) is 1. The van der Waals surface area contributed by atoms with Crippen LogP contribution >= 0.6 is 11.6 Å². The molecule has 1 fully saturated rings. The van der Waals surface area contributed by atoms with Crippen molar-refractivity contribution in [1.29, 1.82) is 0 Å². The molecule has 6 nitrogen and oxygen atoms in total. The summed E-state index contributed by atoms with van der Waals surface area (Å²) in [7, 11) is 0. The predicted octanol–water partition coefficient (Wildman–Crippen LogP) is 5.73. The number of carbonyl (C=O) groups excluding carboxylic acids is 2. The topological polar surface area (TPSA) is 65.6 Å². The Balaban J connectivity index is 1.48. The zero-order chi connectivity index (χ0) is 26.0. The van der Waals surface area contributed by atoms with Gasteiger partial charge in [0.15, 0.2) is 5.78 Å². The van der Waals surface area contributed by atoms with Crippen molar-refractivity contribution in [2.24, 2.45) is 0 Å². The number of aromatic amines is 1. The molecule has 2 aromatic carbocycles. The second-order valence-corrected chi connectivity index (χ2v) is 11.4. The summed E-state index contributed by atoms with van der Waals surface area (Å²) < 4.78 is 5.52. The fraction of sp³-hybridized carbons (Fsp3) is 0.379. The molecular weight excluding hydrogens is 474 g/mol. The zero-order valence-corrected chi connectivity index (χ0v) is 22.0. The minimum absolute atomic E-state index is 0.0396. The molecule has 0 unspecified atom stereocenters. The van der Waals surface area contributed by atoms with Crippen molar-refractivity contribution in [3.05, 3.63) is 63.3 Å². The lowest BCUT2D eigenvalue weighted by molar-refractivity contribution is 0.0240. The van der Waals surface area contributed by atoms with Gasteiger partial charge in [-0.1, -0.05) is 37.4 Å². The van der Waals surface area contributed by atoms with Crippen LogP contribution < -0.4 is 4.90 Å². The van der Waals surface area contributed by atoms with Crippen LogP contribution in [0.5, 0.6) is 0 Å². The number of rotatable bonds is 1. The smallest absolute Gasteiger partial charge is 0.410 e. The van der Waals surface area contributed by atoms with Gasteiger partial charge in [0.25, 0.3) is 0 Å². The van der Waals surface area contributed by atoms with Crippen molar-refractivity contribution >= 4 is 40.1 Å². The van der Waals surface area contributed by atoms with Crippen molar-refractivity contribution in [2.45, 2.75) is 45.6 Å². The van der Waals surface area contributed by atoms with Crippen LogP contribution in [0.15, 0.2) is 30.3 Å². The van der Waals surface area contributed by atoms with E-state index < -0.39 is 11.0 Å². The highest BCUT2D eigenvalue weighted by atomic mass is 35.5. The van der Waals surface area contributed by atoms with Crippen molar-refractivity contribution < 1.29 is 14.3 Å². The van der Waals surface area contributed by atoms with Gasteiger partial charge in [0.2, 0.25) is 0 Å². The number of hydrogen-bond donors (Lipinski definition) is 1. The van der Waals surface area contributed by atoms with E-state index in [1.165, 1.54) is 0 Å². The van der Waals surface area contributed by atoms with Gasteiger partial charge in [0.1, 0.15) is 5.60 Å². The van der Waals surface area contributed by atoms with Crippen LogP contribution in [0.3, 0.4) is 0 Å². The summed E-state index contributed by atoms with van der Waals surface area (Å²) in [6.07, 6.45) is 5.29. The average Bonchev–Trinajstić information content (AvgIpc) is 3.21. The Bertz CT molecular complexity index is 1450. The number of anilines is 1. The van der Waals surface area contributed by atoms with E-state index in [4.69, 9.17) is 22.8 Å². The molecule has 1 saturated heterocycles. The third-order valence-electron chi connectivity index (χ3n) is 7.09. The Hall–Kier alpha value is -3.43. The number of aromatic nitrogens is 1. The van der Waals surface area contributed by atoms with E-state index in [1.54, 1.807) is 11.0 Å².